The van der Waals surface area contributed by atoms with Crippen molar-refractivity contribution in [2.24, 2.45) is 17.6 Å². The Morgan fingerprint density at radius 3 is 2.67 bits per heavy atom. The van der Waals surface area contributed by atoms with Crippen molar-refractivity contribution in [2.45, 2.75) is 43.2 Å². The molecule has 4 nitrogen and oxygen atoms in total. The molecule has 0 radical (unpaired) electrons. The number of halogens is 2. The molecular weight excluding hydrogens is 359 g/mol. The van der Waals surface area contributed by atoms with Gasteiger partial charge < -0.3 is 5.73 Å². The molecule has 0 aromatic heterocycles. The molecule has 7 heteroatoms. The van der Waals surface area contributed by atoms with E-state index in [0.717, 1.165) is 19.3 Å². The Bertz CT molecular complexity index is 665. The Morgan fingerprint density at radius 1 is 1.33 bits per heavy atom. The van der Waals surface area contributed by atoms with Gasteiger partial charge in [0.15, 0.2) is 0 Å². The molecule has 2 bridgehead atoms. The van der Waals surface area contributed by atoms with Crippen LogP contribution >= 0.6 is 15.9 Å². The maximum Gasteiger partial charge on any atom is 0.243 e. The average molecular weight is 377 g/mol. The van der Waals surface area contributed by atoms with Gasteiger partial charge >= 0.3 is 0 Å². The Morgan fingerprint density at radius 2 is 2.10 bits per heavy atom. The standard InChI is InChI=1S/C14H18BrFN2O2S/c15-11-5-10(7-17)14(16)13(6-11)21(19,20)18-12-4-8-1-2-9(12)3-8/h5-6,8-9,12,18H,1-4,7,17H2. The molecule has 1 aromatic carbocycles. The number of fused-ring (bicyclic) bond motifs is 2. The van der Waals surface area contributed by atoms with E-state index in [1.165, 1.54) is 18.6 Å². The van der Waals surface area contributed by atoms with Crippen molar-refractivity contribution < 1.29 is 12.8 Å². The third kappa shape index (κ3) is 2.88. The maximum absolute atomic E-state index is 14.3. The maximum atomic E-state index is 14.3. The summed E-state index contributed by atoms with van der Waals surface area (Å²) in [6, 6.07) is 2.74. The largest absolute Gasteiger partial charge is 0.326 e. The van der Waals surface area contributed by atoms with Crippen molar-refractivity contribution in [2.75, 3.05) is 0 Å². The monoisotopic (exact) mass is 376 g/mol. The zero-order valence-corrected chi connectivity index (χ0v) is 13.9. The fraction of sp³-hybridized carbons (Fsp3) is 0.571. The molecule has 3 rings (SSSR count). The van der Waals surface area contributed by atoms with Gasteiger partial charge in [0.2, 0.25) is 10.0 Å². The summed E-state index contributed by atoms with van der Waals surface area (Å²) in [5.41, 5.74) is 5.66. The molecule has 1 aromatic rings. The van der Waals surface area contributed by atoms with E-state index in [1.54, 1.807) is 0 Å². The highest BCUT2D eigenvalue weighted by atomic mass is 79.9. The van der Waals surface area contributed by atoms with Gasteiger partial charge in [-0.1, -0.05) is 22.4 Å². The lowest BCUT2D eigenvalue weighted by Crippen LogP contribution is -2.38. The first-order chi connectivity index (χ1) is 9.90. The van der Waals surface area contributed by atoms with Crippen LogP contribution in [0.3, 0.4) is 0 Å². The van der Waals surface area contributed by atoms with Crippen molar-refractivity contribution in [1.82, 2.24) is 4.72 Å². The summed E-state index contributed by atoms with van der Waals surface area (Å²) in [5.74, 6) is 0.264. The molecule has 116 valence electrons. The van der Waals surface area contributed by atoms with Crippen LogP contribution < -0.4 is 10.5 Å². The highest BCUT2D eigenvalue weighted by Crippen LogP contribution is 2.45. The molecule has 3 unspecified atom stereocenters. The van der Waals surface area contributed by atoms with Gasteiger partial charge in [-0.15, -0.1) is 0 Å². The predicted octanol–water partition coefficient (Wildman–Crippen LogP) is 2.51. The van der Waals surface area contributed by atoms with E-state index in [9.17, 15) is 12.8 Å². The van der Waals surface area contributed by atoms with Gasteiger partial charge in [0, 0.05) is 22.6 Å². The fourth-order valence-corrected chi connectivity index (χ4v) is 5.73. The second-order valence-electron chi connectivity index (χ2n) is 5.98. The third-order valence-electron chi connectivity index (χ3n) is 4.63. The zero-order valence-electron chi connectivity index (χ0n) is 11.5. The van der Waals surface area contributed by atoms with Crippen molar-refractivity contribution in [1.29, 1.82) is 0 Å². The SMILES string of the molecule is NCc1cc(Br)cc(S(=O)(=O)NC2CC3CCC2C3)c1F. The van der Waals surface area contributed by atoms with E-state index >= 15 is 0 Å². The van der Waals surface area contributed by atoms with Crippen molar-refractivity contribution in [3.63, 3.8) is 0 Å². The molecule has 0 amide bonds. The number of nitrogens with one attached hydrogen (secondary N) is 1. The van der Waals surface area contributed by atoms with Gasteiger partial charge in [0.05, 0.1) is 0 Å². The normalized spacial score (nSPS) is 28.2. The first-order valence-electron chi connectivity index (χ1n) is 7.11. The summed E-state index contributed by atoms with van der Waals surface area (Å²) in [5, 5.41) is 0. The number of hydrogen-bond acceptors (Lipinski definition) is 3. The van der Waals surface area contributed by atoms with E-state index in [-0.39, 0.29) is 23.0 Å². The van der Waals surface area contributed by atoms with Gasteiger partial charge in [-0.2, -0.15) is 0 Å². The summed E-state index contributed by atoms with van der Waals surface area (Å²) < 4.78 is 42.5. The van der Waals surface area contributed by atoms with Crippen LogP contribution in [-0.4, -0.2) is 14.5 Å². The second-order valence-corrected chi connectivity index (χ2v) is 8.58. The Labute approximate surface area is 132 Å². The molecule has 2 aliphatic carbocycles. The molecular formula is C14H18BrFN2O2S. The van der Waals surface area contributed by atoms with Gasteiger partial charge in [0.25, 0.3) is 0 Å². The number of sulfonamides is 1. The Hall–Kier alpha value is -0.500. The van der Waals surface area contributed by atoms with E-state index in [1.807, 2.05) is 0 Å². The number of nitrogens with two attached hydrogens (primary N) is 1. The molecule has 0 spiro atoms. The minimum atomic E-state index is -3.86. The fourth-order valence-electron chi connectivity index (χ4n) is 3.61. The minimum absolute atomic E-state index is 0.0398. The molecule has 0 aliphatic heterocycles. The minimum Gasteiger partial charge on any atom is -0.326 e. The van der Waals surface area contributed by atoms with Crippen molar-refractivity contribution in [3.8, 4) is 0 Å². The molecule has 2 fully saturated rings. The summed E-state index contributed by atoms with van der Waals surface area (Å²) >= 11 is 3.21. The first kappa shape index (κ1) is 15.4. The average Bonchev–Trinajstić information content (AvgIpc) is 3.02. The number of rotatable bonds is 4. The van der Waals surface area contributed by atoms with Crippen LogP contribution in [0.25, 0.3) is 0 Å². The zero-order chi connectivity index (χ0) is 15.2. The molecule has 3 atom stereocenters. The Kier molecular flexibility index (Phi) is 4.11. The van der Waals surface area contributed by atoms with Crippen LogP contribution in [0.1, 0.15) is 31.2 Å². The van der Waals surface area contributed by atoms with E-state index in [0.29, 0.717) is 16.3 Å². The highest BCUT2D eigenvalue weighted by molar-refractivity contribution is 9.10. The lowest BCUT2D eigenvalue weighted by atomic mass is 9.96. The van der Waals surface area contributed by atoms with Gasteiger partial charge in [-0.05, 0) is 43.2 Å². The molecule has 21 heavy (non-hydrogen) atoms. The van der Waals surface area contributed by atoms with Crippen LogP contribution in [0.15, 0.2) is 21.5 Å². The van der Waals surface area contributed by atoms with Crippen LogP contribution in [0.5, 0.6) is 0 Å². The quantitative estimate of drug-likeness (QED) is 0.847. The molecule has 3 N–H and O–H groups in total. The first-order valence-corrected chi connectivity index (χ1v) is 9.38. The van der Waals surface area contributed by atoms with E-state index in [4.69, 9.17) is 5.73 Å². The van der Waals surface area contributed by atoms with Crippen LogP contribution in [0.4, 0.5) is 4.39 Å². The lowest BCUT2D eigenvalue weighted by molar-refractivity contribution is 0.389. The predicted molar refractivity (Wildman–Crippen MR) is 81.5 cm³/mol. The van der Waals surface area contributed by atoms with E-state index < -0.39 is 15.8 Å². The number of hydrogen-bond donors (Lipinski definition) is 2. The summed E-state index contributed by atoms with van der Waals surface area (Å²) in [4.78, 5) is -0.319. The molecule has 0 heterocycles. The highest BCUT2D eigenvalue weighted by Gasteiger charge is 2.41. The van der Waals surface area contributed by atoms with Gasteiger partial charge in [-0.25, -0.2) is 17.5 Å². The summed E-state index contributed by atoms with van der Waals surface area (Å²) in [7, 11) is -3.86. The second kappa shape index (κ2) is 5.61. The van der Waals surface area contributed by atoms with Crippen LogP contribution in [0.2, 0.25) is 0 Å². The van der Waals surface area contributed by atoms with Crippen LogP contribution in [0, 0.1) is 17.7 Å². The molecule has 2 saturated carbocycles. The molecule has 2 aliphatic rings. The summed E-state index contributed by atoms with van der Waals surface area (Å²) in [6.45, 7) is -0.0398. The topological polar surface area (TPSA) is 72.2 Å². The van der Waals surface area contributed by atoms with Crippen molar-refractivity contribution in [3.05, 3.63) is 28.0 Å². The smallest absolute Gasteiger partial charge is 0.243 e. The van der Waals surface area contributed by atoms with Gasteiger partial charge in [0.1, 0.15) is 10.7 Å². The molecule has 0 saturated heterocycles. The van der Waals surface area contributed by atoms with E-state index in [2.05, 4.69) is 20.7 Å². The Balaban J connectivity index is 1.90. The number of benzene rings is 1. The lowest BCUT2D eigenvalue weighted by Gasteiger charge is -2.23. The summed E-state index contributed by atoms with van der Waals surface area (Å²) in [6.07, 6.45) is 4.20. The third-order valence-corrected chi connectivity index (χ3v) is 6.58. The van der Waals surface area contributed by atoms with Crippen LogP contribution in [-0.2, 0) is 16.6 Å². The van der Waals surface area contributed by atoms with Gasteiger partial charge in [-0.3, -0.25) is 0 Å². The van der Waals surface area contributed by atoms with Crippen molar-refractivity contribution >= 4 is 26.0 Å².